The first-order chi connectivity index (χ1) is 7.45. The molecule has 2 heteroatoms. The second-order valence-corrected chi connectivity index (χ2v) is 5.55. The fourth-order valence-corrected chi connectivity index (χ4v) is 2.46. The van der Waals surface area contributed by atoms with Gasteiger partial charge in [0.05, 0.1) is 7.11 Å². The second kappa shape index (κ2) is 3.77. The van der Waals surface area contributed by atoms with Crippen molar-refractivity contribution in [3.63, 3.8) is 0 Å². The first-order valence-electron chi connectivity index (χ1n) is 5.86. The summed E-state index contributed by atoms with van der Waals surface area (Å²) in [6.45, 7) is 6.63. The van der Waals surface area contributed by atoms with Gasteiger partial charge in [-0.25, -0.2) is 0 Å². The zero-order valence-electron chi connectivity index (χ0n) is 10.6. The molecule has 0 saturated heterocycles. The SMILES string of the molecule is COc1ccc(C(N)C2CC2(C)C)cc1C. The molecule has 1 saturated carbocycles. The Bertz CT molecular complexity index is 398. The van der Waals surface area contributed by atoms with E-state index in [1.54, 1.807) is 7.11 Å². The van der Waals surface area contributed by atoms with Crippen LogP contribution >= 0.6 is 0 Å². The lowest BCUT2D eigenvalue weighted by Crippen LogP contribution is -2.15. The summed E-state index contributed by atoms with van der Waals surface area (Å²) in [5.41, 5.74) is 9.11. The Kier molecular flexibility index (Phi) is 2.70. The number of hydrogen-bond donors (Lipinski definition) is 1. The van der Waals surface area contributed by atoms with Crippen LogP contribution in [0.1, 0.15) is 37.4 Å². The summed E-state index contributed by atoms with van der Waals surface area (Å²) in [5.74, 6) is 1.56. The summed E-state index contributed by atoms with van der Waals surface area (Å²) in [6.07, 6.45) is 1.24. The number of rotatable bonds is 3. The number of methoxy groups -OCH3 is 1. The zero-order valence-corrected chi connectivity index (χ0v) is 10.6. The Morgan fingerprint density at radius 2 is 2.06 bits per heavy atom. The average molecular weight is 219 g/mol. The van der Waals surface area contributed by atoms with Crippen LogP contribution in [0.15, 0.2) is 18.2 Å². The Morgan fingerprint density at radius 3 is 2.50 bits per heavy atom. The van der Waals surface area contributed by atoms with E-state index >= 15 is 0 Å². The average Bonchev–Trinajstić information content (AvgIpc) is 2.86. The molecule has 16 heavy (non-hydrogen) atoms. The minimum absolute atomic E-state index is 0.166. The van der Waals surface area contributed by atoms with Crippen LogP contribution < -0.4 is 10.5 Å². The van der Waals surface area contributed by atoms with Gasteiger partial charge < -0.3 is 10.5 Å². The summed E-state index contributed by atoms with van der Waals surface area (Å²) >= 11 is 0. The Morgan fingerprint density at radius 1 is 1.44 bits per heavy atom. The molecule has 0 bridgehead atoms. The van der Waals surface area contributed by atoms with Gasteiger partial charge in [0.2, 0.25) is 0 Å². The summed E-state index contributed by atoms with van der Waals surface area (Å²) in [6, 6.07) is 6.42. The number of nitrogens with two attached hydrogens (primary N) is 1. The van der Waals surface area contributed by atoms with Crippen molar-refractivity contribution in [2.75, 3.05) is 7.11 Å². The number of aryl methyl sites for hydroxylation is 1. The molecule has 2 unspecified atom stereocenters. The van der Waals surface area contributed by atoms with Crippen LogP contribution in [0.2, 0.25) is 0 Å². The zero-order chi connectivity index (χ0) is 11.9. The van der Waals surface area contributed by atoms with Crippen molar-refractivity contribution in [3.8, 4) is 5.75 Å². The summed E-state index contributed by atoms with van der Waals surface area (Å²) in [4.78, 5) is 0. The van der Waals surface area contributed by atoms with E-state index in [1.807, 2.05) is 6.07 Å². The van der Waals surface area contributed by atoms with Crippen molar-refractivity contribution in [2.24, 2.45) is 17.1 Å². The molecule has 1 aliphatic rings. The van der Waals surface area contributed by atoms with E-state index in [4.69, 9.17) is 10.5 Å². The molecule has 1 fully saturated rings. The van der Waals surface area contributed by atoms with E-state index in [0.717, 1.165) is 11.3 Å². The maximum Gasteiger partial charge on any atom is 0.121 e. The molecule has 1 aliphatic carbocycles. The van der Waals surface area contributed by atoms with Gasteiger partial charge >= 0.3 is 0 Å². The van der Waals surface area contributed by atoms with Gasteiger partial charge in [0.1, 0.15) is 5.75 Å². The first kappa shape index (κ1) is 11.5. The molecule has 2 rings (SSSR count). The van der Waals surface area contributed by atoms with Crippen LogP contribution in [0, 0.1) is 18.3 Å². The molecule has 1 aromatic rings. The lowest BCUT2D eigenvalue weighted by Gasteiger charge is -2.15. The second-order valence-electron chi connectivity index (χ2n) is 5.55. The van der Waals surface area contributed by atoms with Gasteiger partial charge in [-0.3, -0.25) is 0 Å². The smallest absolute Gasteiger partial charge is 0.121 e. The van der Waals surface area contributed by atoms with Crippen molar-refractivity contribution in [2.45, 2.75) is 33.2 Å². The Balaban J connectivity index is 2.19. The fourth-order valence-electron chi connectivity index (χ4n) is 2.46. The van der Waals surface area contributed by atoms with Crippen LogP contribution in [-0.2, 0) is 0 Å². The highest BCUT2D eigenvalue weighted by Crippen LogP contribution is 2.57. The molecule has 2 atom stereocenters. The van der Waals surface area contributed by atoms with E-state index in [2.05, 4.69) is 32.9 Å². The molecule has 0 heterocycles. The fraction of sp³-hybridized carbons (Fsp3) is 0.571. The summed E-state index contributed by atoms with van der Waals surface area (Å²) in [5, 5.41) is 0. The molecule has 2 nitrogen and oxygen atoms in total. The van der Waals surface area contributed by atoms with Crippen LogP contribution in [0.3, 0.4) is 0 Å². The number of hydrogen-bond acceptors (Lipinski definition) is 2. The maximum absolute atomic E-state index is 6.30. The Hall–Kier alpha value is -1.02. The normalized spacial score (nSPS) is 23.9. The summed E-state index contributed by atoms with van der Waals surface area (Å²) in [7, 11) is 1.70. The van der Waals surface area contributed by atoms with Crippen LogP contribution in [0.25, 0.3) is 0 Å². The van der Waals surface area contributed by atoms with Gasteiger partial charge in [-0.15, -0.1) is 0 Å². The van der Waals surface area contributed by atoms with Crippen molar-refractivity contribution in [3.05, 3.63) is 29.3 Å². The minimum Gasteiger partial charge on any atom is -0.496 e. The minimum atomic E-state index is 0.166. The van der Waals surface area contributed by atoms with Crippen LogP contribution in [-0.4, -0.2) is 7.11 Å². The molecular weight excluding hydrogens is 198 g/mol. The predicted molar refractivity (Wildman–Crippen MR) is 66.5 cm³/mol. The largest absolute Gasteiger partial charge is 0.496 e. The highest BCUT2D eigenvalue weighted by Gasteiger charge is 2.49. The molecule has 88 valence electrons. The van der Waals surface area contributed by atoms with Gasteiger partial charge in [0, 0.05) is 6.04 Å². The van der Waals surface area contributed by atoms with Gasteiger partial charge in [-0.2, -0.15) is 0 Å². The third kappa shape index (κ3) is 1.94. The monoisotopic (exact) mass is 219 g/mol. The van der Waals surface area contributed by atoms with Crippen molar-refractivity contribution >= 4 is 0 Å². The maximum atomic E-state index is 6.30. The third-order valence-corrected chi connectivity index (χ3v) is 3.83. The van der Waals surface area contributed by atoms with Gasteiger partial charge in [-0.05, 0) is 41.9 Å². The van der Waals surface area contributed by atoms with E-state index in [9.17, 15) is 0 Å². The van der Waals surface area contributed by atoms with E-state index in [-0.39, 0.29) is 6.04 Å². The number of ether oxygens (including phenoxy) is 1. The topological polar surface area (TPSA) is 35.2 Å². The quantitative estimate of drug-likeness (QED) is 0.848. The summed E-state index contributed by atoms with van der Waals surface area (Å²) < 4.78 is 5.26. The molecule has 0 aliphatic heterocycles. The van der Waals surface area contributed by atoms with E-state index in [1.165, 1.54) is 12.0 Å². The highest BCUT2D eigenvalue weighted by molar-refractivity contribution is 5.38. The van der Waals surface area contributed by atoms with Crippen molar-refractivity contribution < 1.29 is 4.74 Å². The molecule has 0 spiro atoms. The van der Waals surface area contributed by atoms with Gasteiger partial charge in [-0.1, -0.05) is 26.0 Å². The van der Waals surface area contributed by atoms with Gasteiger partial charge in [0.25, 0.3) is 0 Å². The molecular formula is C14H21NO. The lowest BCUT2D eigenvalue weighted by atomic mass is 9.96. The number of benzene rings is 1. The van der Waals surface area contributed by atoms with E-state index in [0.29, 0.717) is 11.3 Å². The standard InChI is InChI=1S/C14H21NO/c1-9-7-10(5-6-12(9)16-4)13(15)11-8-14(11,2)3/h5-7,11,13H,8,15H2,1-4H3. The predicted octanol–water partition coefficient (Wildman–Crippen LogP) is 3.05. The molecule has 0 radical (unpaired) electrons. The molecule has 2 N–H and O–H groups in total. The van der Waals surface area contributed by atoms with E-state index < -0.39 is 0 Å². The van der Waals surface area contributed by atoms with Crippen LogP contribution in [0.5, 0.6) is 5.75 Å². The van der Waals surface area contributed by atoms with Crippen molar-refractivity contribution in [1.29, 1.82) is 0 Å². The van der Waals surface area contributed by atoms with Gasteiger partial charge in [0.15, 0.2) is 0 Å². The Labute approximate surface area is 97.8 Å². The molecule has 0 amide bonds. The lowest BCUT2D eigenvalue weighted by molar-refractivity contribution is 0.411. The molecule has 0 aromatic heterocycles. The highest BCUT2D eigenvalue weighted by atomic mass is 16.5. The first-order valence-corrected chi connectivity index (χ1v) is 5.86. The van der Waals surface area contributed by atoms with Crippen molar-refractivity contribution in [1.82, 2.24) is 0 Å². The van der Waals surface area contributed by atoms with Crippen LogP contribution in [0.4, 0.5) is 0 Å². The third-order valence-electron chi connectivity index (χ3n) is 3.83. The molecule has 1 aromatic carbocycles.